The number of carbonyl (C=O) groups excluding carboxylic acids is 1. The molecule has 0 aliphatic carbocycles. The van der Waals surface area contributed by atoms with Crippen LogP contribution in [0.5, 0.6) is 0 Å². The summed E-state index contributed by atoms with van der Waals surface area (Å²) in [6.45, 7) is 3.21. The van der Waals surface area contributed by atoms with Gasteiger partial charge in [0.2, 0.25) is 5.91 Å². The summed E-state index contributed by atoms with van der Waals surface area (Å²) in [5.41, 5.74) is 2.91. The maximum Gasteiger partial charge on any atom is 0.416 e. The molecule has 3 aliphatic rings. The van der Waals surface area contributed by atoms with Crippen molar-refractivity contribution in [1.82, 2.24) is 20.0 Å². The minimum Gasteiger partial charge on any atom is -0.384 e. The number of ether oxygens (including phenoxy) is 1. The smallest absolute Gasteiger partial charge is 0.384 e. The molecule has 1 unspecified atom stereocenters. The third-order valence-corrected chi connectivity index (χ3v) is 10.0. The van der Waals surface area contributed by atoms with Crippen molar-refractivity contribution in [3.05, 3.63) is 143 Å². The number of alkyl halides is 3. The van der Waals surface area contributed by atoms with Crippen LogP contribution in [-0.4, -0.2) is 77.8 Å². The quantitative estimate of drug-likeness (QED) is 0.193. The molecule has 3 aromatic rings. The zero-order valence-electron chi connectivity index (χ0n) is 29.5. The van der Waals surface area contributed by atoms with Gasteiger partial charge in [-0.3, -0.25) is 4.79 Å². The average molecular weight is 735 g/mol. The maximum absolute atomic E-state index is 14.6. The number of nitrogens with zero attached hydrogens (tertiary/aromatic N) is 3. The van der Waals surface area contributed by atoms with Crippen LogP contribution in [0.2, 0.25) is 0 Å². The van der Waals surface area contributed by atoms with Crippen molar-refractivity contribution in [2.45, 2.75) is 50.6 Å². The number of amides is 1. The zero-order valence-corrected chi connectivity index (χ0v) is 29.5. The van der Waals surface area contributed by atoms with Gasteiger partial charge in [-0.15, -0.1) is 0 Å². The van der Waals surface area contributed by atoms with Crippen LogP contribution >= 0.6 is 0 Å². The molecule has 2 N–H and O–H groups in total. The summed E-state index contributed by atoms with van der Waals surface area (Å²) in [6, 6.07) is 16.5. The lowest BCUT2D eigenvalue weighted by Gasteiger charge is -2.41. The Labute approximate surface area is 306 Å². The van der Waals surface area contributed by atoms with E-state index in [0.29, 0.717) is 35.8 Å². The van der Waals surface area contributed by atoms with E-state index in [1.165, 1.54) is 24.3 Å². The molecule has 280 valence electrons. The summed E-state index contributed by atoms with van der Waals surface area (Å²) < 4.78 is 73.3. The Balaban J connectivity index is 1.25. The highest BCUT2D eigenvalue weighted by Gasteiger charge is 2.34. The van der Waals surface area contributed by atoms with E-state index in [0.717, 1.165) is 61.8 Å². The number of allylic oxidation sites excluding steroid dienone is 3. The number of benzene rings is 3. The number of rotatable bonds is 12. The lowest BCUT2D eigenvalue weighted by Crippen LogP contribution is -2.51. The monoisotopic (exact) mass is 734 g/mol. The molecule has 3 aliphatic heterocycles. The second kappa shape index (κ2) is 16.9. The second-order valence-electron chi connectivity index (χ2n) is 13.4. The molecule has 0 spiro atoms. The van der Waals surface area contributed by atoms with Crippen molar-refractivity contribution in [3.8, 4) is 11.1 Å². The molecule has 6 rings (SSSR count). The zero-order chi connectivity index (χ0) is 37.5. The summed E-state index contributed by atoms with van der Waals surface area (Å²) in [5.74, 6) is -1.48. The van der Waals surface area contributed by atoms with Crippen LogP contribution in [0.4, 0.5) is 22.0 Å². The number of nitrogens with one attached hydrogen (secondary N) is 1. The SMILES string of the molecule is COCCN1CCC(N(Cc2ccc(-c3ccc(C(F)(F)F)cc3)cc2)C(=O)CN2C(CCc3cccc(F)c3F)=CC(O)C3=C2NC=CC=C3)CC1. The van der Waals surface area contributed by atoms with E-state index in [1.807, 2.05) is 34.1 Å². The van der Waals surface area contributed by atoms with E-state index in [-0.39, 0.29) is 36.9 Å². The molecule has 1 amide bonds. The second-order valence-corrected chi connectivity index (χ2v) is 13.4. The first kappa shape index (κ1) is 38.0. The number of hydrogen-bond acceptors (Lipinski definition) is 6. The first-order valence-corrected chi connectivity index (χ1v) is 17.7. The van der Waals surface area contributed by atoms with Gasteiger partial charge in [-0.1, -0.05) is 60.7 Å². The number of carbonyl (C=O) groups is 1. The van der Waals surface area contributed by atoms with Crippen molar-refractivity contribution in [1.29, 1.82) is 0 Å². The molecule has 1 atom stereocenters. The fourth-order valence-electron chi connectivity index (χ4n) is 7.06. The summed E-state index contributed by atoms with van der Waals surface area (Å²) in [7, 11) is 1.67. The highest BCUT2D eigenvalue weighted by molar-refractivity contribution is 5.79. The first-order chi connectivity index (χ1) is 25.5. The molecule has 53 heavy (non-hydrogen) atoms. The average Bonchev–Trinajstić information content (AvgIpc) is 3.42. The van der Waals surface area contributed by atoms with Gasteiger partial charge in [-0.2, -0.15) is 13.2 Å². The summed E-state index contributed by atoms with van der Waals surface area (Å²) >= 11 is 0. The van der Waals surface area contributed by atoms with Gasteiger partial charge in [0, 0.05) is 56.8 Å². The molecule has 1 fully saturated rings. The topological polar surface area (TPSA) is 68.3 Å². The van der Waals surface area contributed by atoms with Crippen LogP contribution in [0.1, 0.15) is 36.0 Å². The predicted molar refractivity (Wildman–Crippen MR) is 193 cm³/mol. The van der Waals surface area contributed by atoms with E-state index in [4.69, 9.17) is 4.74 Å². The van der Waals surface area contributed by atoms with Gasteiger partial charge in [-0.05, 0) is 78.3 Å². The molecule has 0 saturated carbocycles. The summed E-state index contributed by atoms with van der Waals surface area (Å²) in [5, 5.41) is 14.3. The Hall–Kier alpha value is -4.78. The lowest BCUT2D eigenvalue weighted by molar-refractivity contribution is -0.137. The van der Waals surface area contributed by atoms with Gasteiger partial charge < -0.3 is 29.9 Å². The number of piperidine rings is 1. The highest BCUT2D eigenvalue weighted by Crippen LogP contribution is 2.33. The standard InChI is InChI=1S/C41H43F5N4O3/c1-53-24-23-48-21-18-33(19-22-48)49(26-28-8-10-29(11-9-28)30-12-15-32(16-13-30)41(44,45)46)38(52)27-50-34(17-14-31-5-4-7-36(42)39(31)43)25-37(51)35-6-2-3-20-47-40(35)50/h2-13,15-16,20,25,33,37,47,51H,14,17-19,21-24,26-27H2,1H3. The lowest BCUT2D eigenvalue weighted by atomic mass is 9.98. The van der Waals surface area contributed by atoms with Crippen LogP contribution in [0.25, 0.3) is 11.1 Å². The fraction of sp³-hybridized carbons (Fsp3) is 0.341. The number of likely N-dealkylation sites (tertiary alicyclic amines) is 1. The molecular formula is C41H43F5N4O3. The Kier molecular flexibility index (Phi) is 12.1. The van der Waals surface area contributed by atoms with Crippen molar-refractivity contribution in [2.75, 3.05) is 39.9 Å². The van der Waals surface area contributed by atoms with Gasteiger partial charge in [-0.25, -0.2) is 8.78 Å². The minimum atomic E-state index is -4.42. The van der Waals surface area contributed by atoms with Gasteiger partial charge in [0.05, 0.1) is 12.2 Å². The highest BCUT2D eigenvalue weighted by atomic mass is 19.4. The van der Waals surface area contributed by atoms with Crippen molar-refractivity contribution < 1.29 is 36.6 Å². The largest absolute Gasteiger partial charge is 0.416 e. The molecule has 12 heteroatoms. The van der Waals surface area contributed by atoms with Crippen LogP contribution in [-0.2, 0) is 28.7 Å². The molecule has 1 saturated heterocycles. The fourth-order valence-corrected chi connectivity index (χ4v) is 7.06. The Bertz CT molecular complexity index is 1860. The maximum atomic E-state index is 14.6. The normalized spacial score (nSPS) is 18.1. The Morgan fingerprint density at radius 3 is 2.34 bits per heavy atom. The van der Waals surface area contributed by atoms with E-state index >= 15 is 0 Å². The number of aliphatic hydroxyl groups is 1. The molecule has 3 aromatic carbocycles. The first-order valence-electron chi connectivity index (χ1n) is 17.7. The van der Waals surface area contributed by atoms with Gasteiger partial charge in [0.25, 0.3) is 0 Å². The van der Waals surface area contributed by atoms with Crippen LogP contribution < -0.4 is 5.32 Å². The number of aliphatic hydroxyl groups excluding tert-OH is 1. The van der Waals surface area contributed by atoms with Gasteiger partial charge >= 0.3 is 6.18 Å². The Morgan fingerprint density at radius 1 is 0.962 bits per heavy atom. The number of hydrogen-bond donors (Lipinski definition) is 2. The van der Waals surface area contributed by atoms with Gasteiger partial charge in [0.1, 0.15) is 18.5 Å². The number of aryl methyl sites for hydroxylation is 1. The van der Waals surface area contributed by atoms with Crippen LogP contribution in [0.15, 0.2) is 114 Å². The molecule has 0 aromatic heterocycles. The third kappa shape index (κ3) is 9.24. The van der Waals surface area contributed by atoms with E-state index in [9.17, 15) is 31.9 Å². The van der Waals surface area contributed by atoms with Crippen molar-refractivity contribution in [2.24, 2.45) is 0 Å². The predicted octanol–water partition coefficient (Wildman–Crippen LogP) is 7.17. The molecule has 7 nitrogen and oxygen atoms in total. The van der Waals surface area contributed by atoms with E-state index in [1.54, 1.807) is 37.6 Å². The summed E-state index contributed by atoms with van der Waals surface area (Å²) in [4.78, 5) is 20.6. The van der Waals surface area contributed by atoms with Crippen molar-refractivity contribution in [3.63, 3.8) is 0 Å². The number of halogens is 5. The summed E-state index contributed by atoms with van der Waals surface area (Å²) in [6.07, 6.45) is 5.19. The third-order valence-electron chi connectivity index (χ3n) is 10.0. The minimum absolute atomic E-state index is 0.0737. The van der Waals surface area contributed by atoms with Crippen molar-refractivity contribution >= 4 is 5.91 Å². The molecular weight excluding hydrogens is 691 g/mol. The van der Waals surface area contributed by atoms with E-state index in [2.05, 4.69) is 10.2 Å². The van der Waals surface area contributed by atoms with Crippen LogP contribution in [0, 0.1) is 11.6 Å². The number of methoxy groups -OCH3 is 1. The van der Waals surface area contributed by atoms with Gasteiger partial charge in [0.15, 0.2) is 11.6 Å². The van der Waals surface area contributed by atoms with Crippen LogP contribution in [0.3, 0.4) is 0 Å². The Morgan fingerprint density at radius 2 is 1.66 bits per heavy atom. The molecule has 3 heterocycles. The molecule has 0 bridgehead atoms. The van der Waals surface area contributed by atoms with E-state index < -0.39 is 29.5 Å². The molecule has 0 radical (unpaired) electrons.